The molecule has 0 aromatic heterocycles. The Labute approximate surface area is 117 Å². The molecule has 0 atom stereocenters. The fourth-order valence-electron chi connectivity index (χ4n) is 1.79. The molecule has 0 aliphatic heterocycles. The van der Waals surface area contributed by atoms with Crippen LogP contribution >= 0.6 is 0 Å². The Morgan fingerprint density at radius 1 is 0.850 bits per heavy atom. The summed E-state index contributed by atoms with van der Waals surface area (Å²) in [5.41, 5.74) is 6.87. The first kappa shape index (κ1) is 13.6. The van der Waals surface area contributed by atoms with E-state index in [4.69, 9.17) is 0 Å². The van der Waals surface area contributed by atoms with Crippen LogP contribution in [-0.4, -0.2) is 19.0 Å². The van der Waals surface area contributed by atoms with E-state index >= 15 is 0 Å². The lowest BCUT2D eigenvalue weighted by Crippen LogP contribution is -2.45. The molecule has 0 saturated heterocycles. The molecule has 0 aliphatic rings. The molecule has 3 N–H and O–H groups in total. The maximum atomic E-state index is 12.1. The molecule has 102 valence electrons. The molecule has 0 bridgehead atoms. The number of nitrogens with one attached hydrogen (secondary N) is 3. The van der Waals surface area contributed by atoms with Crippen molar-refractivity contribution in [1.82, 2.24) is 16.2 Å². The van der Waals surface area contributed by atoms with Gasteiger partial charge in [-0.1, -0.05) is 48.5 Å². The predicted molar refractivity (Wildman–Crippen MR) is 76.9 cm³/mol. The van der Waals surface area contributed by atoms with Gasteiger partial charge in [-0.25, -0.2) is 10.2 Å². The van der Waals surface area contributed by atoms with Gasteiger partial charge in [-0.3, -0.25) is 10.2 Å². The summed E-state index contributed by atoms with van der Waals surface area (Å²) in [5.74, 6) is -0.368. The molecule has 0 fully saturated rings. The van der Waals surface area contributed by atoms with Crippen molar-refractivity contribution in [3.8, 4) is 11.1 Å². The standard InChI is InChI=1S/C15H15N3O2/c1-16-15(20)18-17-14(19)13-10-6-5-9-12(13)11-7-3-2-4-8-11/h2-10H,1H3,(H,17,19)(H2,16,18,20). The largest absolute Gasteiger partial charge is 0.340 e. The number of benzene rings is 2. The van der Waals surface area contributed by atoms with Crippen LogP contribution in [0.25, 0.3) is 11.1 Å². The monoisotopic (exact) mass is 269 g/mol. The lowest BCUT2D eigenvalue weighted by atomic mass is 9.99. The van der Waals surface area contributed by atoms with Crippen molar-refractivity contribution in [2.24, 2.45) is 0 Å². The Balaban J connectivity index is 2.24. The number of hydrogen-bond acceptors (Lipinski definition) is 2. The smallest absolute Gasteiger partial charge is 0.333 e. The first-order chi connectivity index (χ1) is 9.72. The third-order valence-electron chi connectivity index (χ3n) is 2.77. The lowest BCUT2D eigenvalue weighted by molar-refractivity contribution is 0.0937. The normalized spacial score (nSPS) is 9.65. The number of amides is 3. The third kappa shape index (κ3) is 3.14. The molecule has 0 radical (unpaired) electrons. The SMILES string of the molecule is CNC(=O)NNC(=O)c1ccccc1-c1ccccc1. The summed E-state index contributed by atoms with van der Waals surface area (Å²) in [5, 5.41) is 2.35. The van der Waals surface area contributed by atoms with Gasteiger partial charge in [0.1, 0.15) is 0 Å². The van der Waals surface area contributed by atoms with Crippen molar-refractivity contribution in [3.05, 3.63) is 60.2 Å². The Morgan fingerprint density at radius 2 is 1.50 bits per heavy atom. The van der Waals surface area contributed by atoms with Gasteiger partial charge in [-0.05, 0) is 17.2 Å². The number of urea groups is 1. The molecule has 2 aromatic carbocycles. The molecule has 3 amide bonds. The molecule has 20 heavy (non-hydrogen) atoms. The fraction of sp³-hybridized carbons (Fsp3) is 0.0667. The average Bonchev–Trinajstić information content (AvgIpc) is 2.53. The first-order valence-corrected chi connectivity index (χ1v) is 6.15. The molecule has 5 nitrogen and oxygen atoms in total. The minimum absolute atomic E-state index is 0.368. The van der Waals surface area contributed by atoms with Gasteiger partial charge >= 0.3 is 6.03 Å². The van der Waals surface area contributed by atoms with E-state index in [-0.39, 0.29) is 5.91 Å². The zero-order valence-electron chi connectivity index (χ0n) is 11.0. The quantitative estimate of drug-likeness (QED) is 0.729. The highest BCUT2D eigenvalue weighted by Gasteiger charge is 2.12. The van der Waals surface area contributed by atoms with Crippen LogP contribution in [0.5, 0.6) is 0 Å². The molecule has 2 aromatic rings. The summed E-state index contributed by atoms with van der Waals surface area (Å²) in [4.78, 5) is 23.2. The van der Waals surface area contributed by atoms with Crippen LogP contribution in [0.1, 0.15) is 10.4 Å². The highest BCUT2D eigenvalue weighted by Crippen LogP contribution is 2.22. The van der Waals surface area contributed by atoms with Gasteiger partial charge in [0.15, 0.2) is 0 Å². The lowest BCUT2D eigenvalue weighted by Gasteiger charge is -2.10. The first-order valence-electron chi connectivity index (χ1n) is 6.15. The zero-order valence-corrected chi connectivity index (χ0v) is 11.0. The second-order valence-corrected chi connectivity index (χ2v) is 4.07. The molecule has 0 heterocycles. The van der Waals surface area contributed by atoms with E-state index in [1.165, 1.54) is 7.05 Å². The van der Waals surface area contributed by atoms with E-state index in [2.05, 4.69) is 16.2 Å². The van der Waals surface area contributed by atoms with Crippen LogP contribution in [0.4, 0.5) is 4.79 Å². The molecule has 5 heteroatoms. The van der Waals surface area contributed by atoms with Gasteiger partial charge in [0.2, 0.25) is 0 Å². The van der Waals surface area contributed by atoms with E-state index in [1.54, 1.807) is 12.1 Å². The predicted octanol–water partition coefficient (Wildman–Crippen LogP) is 1.93. The van der Waals surface area contributed by atoms with Gasteiger partial charge in [0, 0.05) is 12.6 Å². The zero-order chi connectivity index (χ0) is 14.4. The summed E-state index contributed by atoms with van der Waals surface area (Å²) in [6.45, 7) is 0. The maximum Gasteiger partial charge on any atom is 0.333 e. The van der Waals surface area contributed by atoms with E-state index in [1.807, 2.05) is 42.5 Å². The van der Waals surface area contributed by atoms with Crippen LogP contribution in [0.2, 0.25) is 0 Å². The van der Waals surface area contributed by atoms with E-state index in [9.17, 15) is 9.59 Å². The van der Waals surface area contributed by atoms with E-state index in [0.29, 0.717) is 5.56 Å². The molecular weight excluding hydrogens is 254 g/mol. The van der Waals surface area contributed by atoms with Gasteiger partial charge < -0.3 is 5.32 Å². The highest BCUT2D eigenvalue weighted by molar-refractivity contribution is 6.01. The number of hydrogen-bond donors (Lipinski definition) is 3. The molecule has 0 saturated carbocycles. The van der Waals surface area contributed by atoms with Gasteiger partial charge in [-0.15, -0.1) is 0 Å². The van der Waals surface area contributed by atoms with Crippen LogP contribution in [0.15, 0.2) is 54.6 Å². The summed E-state index contributed by atoms with van der Waals surface area (Å²) in [7, 11) is 1.47. The fourth-order valence-corrected chi connectivity index (χ4v) is 1.79. The topological polar surface area (TPSA) is 70.2 Å². The summed E-state index contributed by atoms with van der Waals surface area (Å²) < 4.78 is 0. The van der Waals surface area contributed by atoms with Crippen molar-refractivity contribution < 1.29 is 9.59 Å². The summed E-state index contributed by atoms with van der Waals surface area (Å²) in [6.07, 6.45) is 0. The Kier molecular flexibility index (Phi) is 4.34. The molecule has 0 aliphatic carbocycles. The Hall–Kier alpha value is -2.82. The summed E-state index contributed by atoms with van der Waals surface area (Å²) >= 11 is 0. The van der Waals surface area contributed by atoms with Crippen molar-refractivity contribution in [1.29, 1.82) is 0 Å². The second-order valence-electron chi connectivity index (χ2n) is 4.07. The van der Waals surface area contributed by atoms with Crippen LogP contribution in [0, 0.1) is 0 Å². The number of hydrazine groups is 1. The summed E-state index contributed by atoms with van der Waals surface area (Å²) in [6, 6.07) is 16.3. The van der Waals surface area contributed by atoms with Crippen LogP contribution in [-0.2, 0) is 0 Å². The van der Waals surface area contributed by atoms with Crippen LogP contribution < -0.4 is 16.2 Å². The van der Waals surface area contributed by atoms with Gasteiger partial charge in [0.05, 0.1) is 0 Å². The molecule has 0 spiro atoms. The average molecular weight is 269 g/mol. The highest BCUT2D eigenvalue weighted by atomic mass is 16.2. The molecular formula is C15H15N3O2. The molecule has 2 rings (SSSR count). The van der Waals surface area contributed by atoms with Crippen molar-refractivity contribution in [3.63, 3.8) is 0 Å². The Bertz CT molecular complexity index is 612. The van der Waals surface area contributed by atoms with Crippen molar-refractivity contribution >= 4 is 11.9 Å². The van der Waals surface area contributed by atoms with Crippen molar-refractivity contribution in [2.45, 2.75) is 0 Å². The number of rotatable bonds is 2. The van der Waals surface area contributed by atoms with Gasteiger partial charge in [0.25, 0.3) is 5.91 Å². The minimum atomic E-state index is -0.476. The number of carbonyl (C=O) groups is 2. The van der Waals surface area contributed by atoms with E-state index < -0.39 is 6.03 Å². The minimum Gasteiger partial charge on any atom is -0.340 e. The number of carbonyl (C=O) groups excluding carboxylic acids is 2. The Morgan fingerprint density at radius 3 is 2.20 bits per heavy atom. The second kappa shape index (κ2) is 6.38. The van der Waals surface area contributed by atoms with E-state index in [0.717, 1.165) is 11.1 Å². The molecule has 0 unspecified atom stereocenters. The van der Waals surface area contributed by atoms with Crippen LogP contribution in [0.3, 0.4) is 0 Å². The maximum absolute atomic E-state index is 12.1. The van der Waals surface area contributed by atoms with Crippen molar-refractivity contribution in [2.75, 3.05) is 7.05 Å². The third-order valence-corrected chi connectivity index (χ3v) is 2.77. The van der Waals surface area contributed by atoms with Gasteiger partial charge in [-0.2, -0.15) is 0 Å².